The molecule has 8 heteroatoms. The first kappa shape index (κ1) is 18.7. The second-order valence-corrected chi connectivity index (χ2v) is 7.29. The number of nitrogens with one attached hydrogen (secondary N) is 1. The minimum atomic E-state index is -3.75. The van der Waals surface area contributed by atoms with E-state index in [9.17, 15) is 17.6 Å². The predicted molar refractivity (Wildman–Crippen MR) is 94.8 cm³/mol. The Hall–Kier alpha value is -2.61. The third-order valence-corrected chi connectivity index (χ3v) is 4.75. The molecule has 25 heavy (non-hydrogen) atoms. The average molecular weight is 366 g/mol. The molecule has 1 atom stereocenters. The van der Waals surface area contributed by atoms with Crippen LogP contribution in [0.5, 0.6) is 5.75 Å². The molecule has 0 heterocycles. The molecule has 1 amide bonds. The van der Waals surface area contributed by atoms with Crippen molar-refractivity contribution in [1.82, 2.24) is 0 Å². The van der Waals surface area contributed by atoms with E-state index in [-0.39, 0.29) is 5.69 Å². The molecule has 0 aliphatic heterocycles. The zero-order valence-electron chi connectivity index (χ0n) is 14.1. The van der Waals surface area contributed by atoms with E-state index >= 15 is 0 Å². The van der Waals surface area contributed by atoms with Crippen LogP contribution in [0.25, 0.3) is 0 Å². The molecule has 0 aliphatic rings. The molecular formula is C17H19FN2O4S. The number of anilines is 2. The van der Waals surface area contributed by atoms with Crippen LogP contribution in [0.4, 0.5) is 15.8 Å². The molecule has 1 N–H and O–H groups in total. The van der Waals surface area contributed by atoms with Crippen LogP contribution in [0.1, 0.15) is 6.92 Å². The molecule has 0 fully saturated rings. The van der Waals surface area contributed by atoms with Crippen molar-refractivity contribution in [3.05, 3.63) is 54.3 Å². The molecule has 2 rings (SSSR count). The van der Waals surface area contributed by atoms with E-state index < -0.39 is 27.8 Å². The summed E-state index contributed by atoms with van der Waals surface area (Å²) in [5.74, 6) is -0.461. The summed E-state index contributed by atoms with van der Waals surface area (Å²) in [7, 11) is -2.25. The number of hydrogen-bond acceptors (Lipinski definition) is 4. The van der Waals surface area contributed by atoms with Gasteiger partial charge >= 0.3 is 0 Å². The first-order valence-electron chi connectivity index (χ1n) is 7.42. The Morgan fingerprint density at radius 3 is 2.40 bits per heavy atom. The van der Waals surface area contributed by atoms with Crippen molar-refractivity contribution in [3.8, 4) is 5.75 Å². The number of amides is 1. The molecule has 6 nitrogen and oxygen atoms in total. The van der Waals surface area contributed by atoms with Gasteiger partial charge in [0.2, 0.25) is 15.9 Å². The Bertz CT molecular complexity index is 853. The molecule has 0 radical (unpaired) electrons. The highest BCUT2D eigenvalue weighted by atomic mass is 32.2. The average Bonchev–Trinajstić information content (AvgIpc) is 2.55. The number of halogens is 1. The van der Waals surface area contributed by atoms with E-state index in [0.29, 0.717) is 11.4 Å². The highest BCUT2D eigenvalue weighted by Crippen LogP contribution is 2.23. The van der Waals surface area contributed by atoms with Gasteiger partial charge in [0.25, 0.3) is 0 Å². The zero-order chi connectivity index (χ0) is 18.6. The molecule has 134 valence electrons. The number of nitrogens with zero attached hydrogens (tertiary/aromatic N) is 1. The molecular weight excluding hydrogens is 347 g/mol. The van der Waals surface area contributed by atoms with Gasteiger partial charge in [0.1, 0.15) is 17.6 Å². The summed E-state index contributed by atoms with van der Waals surface area (Å²) in [5.41, 5.74) is 0.681. The lowest BCUT2D eigenvalue weighted by atomic mass is 10.2. The van der Waals surface area contributed by atoms with Crippen LogP contribution in [-0.4, -0.2) is 33.7 Å². The first-order valence-corrected chi connectivity index (χ1v) is 9.27. The Labute approximate surface area is 146 Å². The van der Waals surface area contributed by atoms with Crippen LogP contribution >= 0.6 is 0 Å². The van der Waals surface area contributed by atoms with E-state index in [0.717, 1.165) is 22.7 Å². The van der Waals surface area contributed by atoms with Crippen molar-refractivity contribution in [1.29, 1.82) is 0 Å². The summed E-state index contributed by atoms with van der Waals surface area (Å²) in [6.07, 6.45) is 0.992. The van der Waals surface area contributed by atoms with E-state index in [1.54, 1.807) is 24.3 Å². The van der Waals surface area contributed by atoms with Gasteiger partial charge in [-0.15, -0.1) is 0 Å². The van der Waals surface area contributed by atoms with Crippen LogP contribution in [-0.2, 0) is 14.8 Å². The molecule has 0 bridgehead atoms. The van der Waals surface area contributed by atoms with Gasteiger partial charge < -0.3 is 10.1 Å². The molecule has 2 aromatic carbocycles. The molecule has 0 aromatic heterocycles. The lowest BCUT2D eigenvalue weighted by Gasteiger charge is -2.28. The highest BCUT2D eigenvalue weighted by Gasteiger charge is 2.29. The van der Waals surface area contributed by atoms with Crippen molar-refractivity contribution < 1.29 is 22.3 Å². The predicted octanol–water partition coefficient (Wildman–Crippen LogP) is 2.63. The smallest absolute Gasteiger partial charge is 0.247 e. The SMILES string of the molecule is COc1cccc(NC(=O)[C@H](C)N(c2ccc(F)cc2)S(C)(=O)=O)c1. The lowest BCUT2D eigenvalue weighted by molar-refractivity contribution is -0.116. The maximum absolute atomic E-state index is 13.1. The summed E-state index contributed by atoms with van der Waals surface area (Å²) in [4.78, 5) is 12.5. The van der Waals surface area contributed by atoms with E-state index in [4.69, 9.17) is 4.74 Å². The van der Waals surface area contributed by atoms with Gasteiger partial charge in [0, 0.05) is 11.8 Å². The second kappa shape index (κ2) is 7.52. The monoisotopic (exact) mass is 366 g/mol. The van der Waals surface area contributed by atoms with Crippen LogP contribution in [0.2, 0.25) is 0 Å². The second-order valence-electron chi connectivity index (χ2n) is 5.43. The Kier molecular flexibility index (Phi) is 5.63. The van der Waals surface area contributed by atoms with Gasteiger partial charge in [0.05, 0.1) is 19.1 Å². The van der Waals surface area contributed by atoms with E-state index in [1.165, 1.54) is 26.2 Å². The number of methoxy groups -OCH3 is 1. The topological polar surface area (TPSA) is 75.7 Å². The number of hydrogen-bond donors (Lipinski definition) is 1. The molecule has 0 saturated carbocycles. The normalized spacial score (nSPS) is 12.3. The molecule has 0 unspecified atom stereocenters. The number of benzene rings is 2. The zero-order valence-corrected chi connectivity index (χ0v) is 14.9. The minimum Gasteiger partial charge on any atom is -0.497 e. The Morgan fingerprint density at radius 1 is 1.20 bits per heavy atom. The maximum atomic E-state index is 13.1. The molecule has 0 spiro atoms. The minimum absolute atomic E-state index is 0.206. The summed E-state index contributed by atoms with van der Waals surface area (Å²) < 4.78 is 43.4. The Balaban J connectivity index is 2.28. The molecule has 0 saturated heterocycles. The molecule has 0 aliphatic carbocycles. The van der Waals surface area contributed by atoms with Crippen LogP contribution in [0.15, 0.2) is 48.5 Å². The summed E-state index contributed by atoms with van der Waals surface area (Å²) >= 11 is 0. The summed E-state index contributed by atoms with van der Waals surface area (Å²) in [5, 5.41) is 2.65. The summed E-state index contributed by atoms with van der Waals surface area (Å²) in [6.45, 7) is 1.46. The first-order chi connectivity index (χ1) is 11.7. The van der Waals surface area contributed by atoms with Crippen molar-refractivity contribution in [2.75, 3.05) is 23.0 Å². The van der Waals surface area contributed by atoms with Gasteiger partial charge in [0.15, 0.2) is 0 Å². The van der Waals surface area contributed by atoms with Gasteiger partial charge in [-0.2, -0.15) is 0 Å². The largest absolute Gasteiger partial charge is 0.497 e. The van der Waals surface area contributed by atoms with Gasteiger partial charge in [-0.3, -0.25) is 9.10 Å². The third kappa shape index (κ3) is 4.69. The van der Waals surface area contributed by atoms with Gasteiger partial charge in [-0.1, -0.05) is 6.07 Å². The van der Waals surface area contributed by atoms with Gasteiger partial charge in [-0.05, 0) is 43.3 Å². The fourth-order valence-electron chi connectivity index (χ4n) is 2.34. The van der Waals surface area contributed by atoms with Crippen molar-refractivity contribution in [2.24, 2.45) is 0 Å². The number of sulfonamides is 1. The number of ether oxygens (including phenoxy) is 1. The standard InChI is InChI=1S/C17H19FN2O4S/c1-12(17(21)19-14-5-4-6-16(11-14)24-2)20(25(3,22)23)15-9-7-13(18)8-10-15/h4-12H,1-3H3,(H,19,21)/t12-/m0/s1. The lowest BCUT2D eigenvalue weighted by Crippen LogP contribution is -2.45. The van der Waals surface area contributed by atoms with E-state index in [1.807, 2.05) is 0 Å². The van der Waals surface area contributed by atoms with Crippen molar-refractivity contribution in [3.63, 3.8) is 0 Å². The molecule has 2 aromatic rings. The van der Waals surface area contributed by atoms with Crippen molar-refractivity contribution >= 4 is 27.3 Å². The highest BCUT2D eigenvalue weighted by molar-refractivity contribution is 7.92. The van der Waals surface area contributed by atoms with Crippen LogP contribution in [0, 0.1) is 5.82 Å². The van der Waals surface area contributed by atoms with Crippen molar-refractivity contribution in [2.45, 2.75) is 13.0 Å². The van der Waals surface area contributed by atoms with Gasteiger partial charge in [-0.25, -0.2) is 12.8 Å². The fourth-order valence-corrected chi connectivity index (χ4v) is 3.52. The van der Waals surface area contributed by atoms with Crippen LogP contribution < -0.4 is 14.4 Å². The van der Waals surface area contributed by atoms with Crippen LogP contribution in [0.3, 0.4) is 0 Å². The third-order valence-electron chi connectivity index (χ3n) is 3.51. The quantitative estimate of drug-likeness (QED) is 0.853. The maximum Gasteiger partial charge on any atom is 0.247 e. The number of rotatable bonds is 6. The number of carbonyl (C=O) groups excluding carboxylic acids is 1. The summed E-state index contributed by atoms with van der Waals surface area (Å²) in [6, 6.07) is 10.6. The number of carbonyl (C=O) groups is 1. The Morgan fingerprint density at radius 2 is 1.84 bits per heavy atom. The van der Waals surface area contributed by atoms with E-state index in [2.05, 4.69) is 5.32 Å². The fraction of sp³-hybridized carbons (Fsp3) is 0.235.